The number of aromatic nitrogens is 2. The molecule has 1 unspecified atom stereocenters. The number of carbonyl (C=O) groups excluding carboxylic acids is 2. The van der Waals surface area contributed by atoms with Gasteiger partial charge in [-0.1, -0.05) is 35.9 Å². The van der Waals surface area contributed by atoms with Gasteiger partial charge < -0.3 is 10.2 Å². The van der Waals surface area contributed by atoms with Crippen LogP contribution in [0, 0.1) is 6.92 Å². The van der Waals surface area contributed by atoms with Crippen LogP contribution < -0.4 is 5.32 Å². The summed E-state index contributed by atoms with van der Waals surface area (Å²) in [5.74, 6) is -2.74. The Kier molecular flexibility index (Phi) is 8.34. The maximum absolute atomic E-state index is 13.6. The van der Waals surface area contributed by atoms with Crippen LogP contribution in [-0.2, 0) is 22.4 Å². The molecule has 2 aromatic heterocycles. The number of hydrogen-bond donors (Lipinski definition) is 1. The Morgan fingerprint density at radius 3 is 2.38 bits per heavy atom. The summed E-state index contributed by atoms with van der Waals surface area (Å²) in [5, 5.41) is 2.70. The molecule has 1 N–H and O–H groups in total. The number of alkyl halides is 3. The number of rotatable bonds is 9. The molecule has 2 amide bonds. The minimum atomic E-state index is -5.13. The largest absolute Gasteiger partial charge is 0.471 e. The summed E-state index contributed by atoms with van der Waals surface area (Å²) in [7, 11) is 0. The number of nitrogens with zero attached hydrogens (tertiary/aromatic N) is 3. The molecule has 34 heavy (non-hydrogen) atoms. The van der Waals surface area contributed by atoms with Crippen LogP contribution in [0.1, 0.15) is 28.3 Å². The lowest BCUT2D eigenvalue weighted by Crippen LogP contribution is -2.49. The molecule has 0 spiro atoms. The Balaban J connectivity index is 1.88. The van der Waals surface area contributed by atoms with E-state index < -0.39 is 24.0 Å². The van der Waals surface area contributed by atoms with Crippen LogP contribution in [0.5, 0.6) is 0 Å². The van der Waals surface area contributed by atoms with E-state index in [1.165, 1.54) is 6.20 Å². The maximum Gasteiger partial charge on any atom is 0.471 e. The molecule has 0 saturated heterocycles. The van der Waals surface area contributed by atoms with E-state index in [0.29, 0.717) is 22.4 Å². The summed E-state index contributed by atoms with van der Waals surface area (Å²) < 4.78 is 40.7. The predicted octanol–water partition coefficient (Wildman–Crippen LogP) is 3.82. The summed E-state index contributed by atoms with van der Waals surface area (Å²) >= 11 is 0. The van der Waals surface area contributed by atoms with E-state index in [1.807, 2.05) is 0 Å². The van der Waals surface area contributed by atoms with E-state index in [-0.39, 0.29) is 19.5 Å². The average molecular weight is 470 g/mol. The van der Waals surface area contributed by atoms with Gasteiger partial charge in [0.1, 0.15) is 6.04 Å². The normalized spacial score (nSPS) is 12.1. The lowest BCUT2D eigenvalue weighted by molar-refractivity contribution is -0.188. The molecule has 6 nitrogen and oxygen atoms in total. The van der Waals surface area contributed by atoms with Crippen molar-refractivity contribution in [2.24, 2.45) is 0 Å². The van der Waals surface area contributed by atoms with Crippen LogP contribution in [0.3, 0.4) is 0 Å². The first-order valence-corrected chi connectivity index (χ1v) is 10.8. The average Bonchev–Trinajstić information content (AvgIpc) is 2.82. The minimum Gasteiger partial charge on any atom is -0.354 e. The SMILES string of the molecule is Cc1cccc(C(C(=O)NCCc2ccncc2)N(CCc2cccnc2)C(=O)C(F)(F)F)c1. The third kappa shape index (κ3) is 6.87. The first kappa shape index (κ1) is 24.9. The van der Waals surface area contributed by atoms with E-state index in [0.717, 1.165) is 11.1 Å². The lowest BCUT2D eigenvalue weighted by atomic mass is 10.0. The van der Waals surface area contributed by atoms with E-state index in [2.05, 4.69) is 15.3 Å². The van der Waals surface area contributed by atoms with E-state index in [4.69, 9.17) is 0 Å². The molecule has 2 heterocycles. The molecule has 3 rings (SSSR count). The monoisotopic (exact) mass is 470 g/mol. The fourth-order valence-electron chi connectivity index (χ4n) is 3.60. The number of halogens is 3. The van der Waals surface area contributed by atoms with Crippen LogP contribution in [0.4, 0.5) is 13.2 Å². The Labute approximate surface area is 195 Å². The van der Waals surface area contributed by atoms with Crippen molar-refractivity contribution in [2.75, 3.05) is 13.1 Å². The first-order valence-electron chi connectivity index (χ1n) is 10.8. The highest BCUT2D eigenvalue weighted by molar-refractivity contribution is 5.90. The summed E-state index contributed by atoms with van der Waals surface area (Å²) in [6.45, 7) is 1.66. The predicted molar refractivity (Wildman–Crippen MR) is 121 cm³/mol. The Morgan fingerprint density at radius 2 is 1.74 bits per heavy atom. The van der Waals surface area contributed by atoms with Crippen molar-refractivity contribution in [3.05, 3.63) is 95.6 Å². The molecule has 0 fully saturated rings. The minimum absolute atomic E-state index is 0.113. The van der Waals surface area contributed by atoms with Gasteiger partial charge in [-0.2, -0.15) is 13.2 Å². The van der Waals surface area contributed by atoms with Crippen molar-refractivity contribution in [3.63, 3.8) is 0 Å². The number of carbonyl (C=O) groups is 2. The Hall–Kier alpha value is -3.75. The molecule has 0 aliphatic heterocycles. The van der Waals surface area contributed by atoms with Gasteiger partial charge in [0.25, 0.3) is 0 Å². The quantitative estimate of drug-likeness (QED) is 0.516. The van der Waals surface area contributed by atoms with Gasteiger partial charge in [0, 0.05) is 37.9 Å². The van der Waals surface area contributed by atoms with Crippen molar-refractivity contribution in [1.29, 1.82) is 0 Å². The van der Waals surface area contributed by atoms with Crippen LogP contribution >= 0.6 is 0 Å². The zero-order valence-electron chi connectivity index (χ0n) is 18.6. The number of nitrogens with one attached hydrogen (secondary N) is 1. The number of hydrogen-bond acceptors (Lipinski definition) is 4. The van der Waals surface area contributed by atoms with Crippen molar-refractivity contribution >= 4 is 11.8 Å². The Morgan fingerprint density at radius 1 is 0.971 bits per heavy atom. The summed E-state index contributed by atoms with van der Waals surface area (Å²) in [5.41, 5.74) is 2.65. The van der Waals surface area contributed by atoms with E-state index in [9.17, 15) is 22.8 Å². The molecule has 1 aromatic carbocycles. The van der Waals surface area contributed by atoms with Gasteiger partial charge in [-0.3, -0.25) is 19.6 Å². The van der Waals surface area contributed by atoms with Crippen molar-refractivity contribution < 1.29 is 22.8 Å². The molecule has 0 aliphatic carbocycles. The molecular formula is C25H25F3N4O2. The van der Waals surface area contributed by atoms with Gasteiger partial charge in [0.2, 0.25) is 5.91 Å². The second-order valence-electron chi connectivity index (χ2n) is 7.82. The number of benzene rings is 1. The first-order chi connectivity index (χ1) is 16.3. The summed E-state index contributed by atoms with van der Waals surface area (Å²) in [6.07, 6.45) is 1.76. The molecule has 0 saturated carbocycles. The van der Waals surface area contributed by atoms with E-state index >= 15 is 0 Å². The van der Waals surface area contributed by atoms with E-state index in [1.54, 1.807) is 74.0 Å². The molecule has 1 atom stereocenters. The van der Waals surface area contributed by atoms with Crippen LogP contribution in [0.15, 0.2) is 73.3 Å². The second-order valence-corrected chi connectivity index (χ2v) is 7.82. The second kappa shape index (κ2) is 11.4. The smallest absolute Gasteiger partial charge is 0.354 e. The lowest BCUT2D eigenvalue weighted by Gasteiger charge is -2.32. The van der Waals surface area contributed by atoms with Crippen LogP contribution in [-0.4, -0.2) is 45.9 Å². The maximum atomic E-state index is 13.6. The fourth-order valence-corrected chi connectivity index (χ4v) is 3.60. The van der Waals surface area contributed by atoms with Gasteiger partial charge in [-0.15, -0.1) is 0 Å². The highest BCUT2D eigenvalue weighted by Gasteiger charge is 2.46. The van der Waals surface area contributed by atoms with Gasteiger partial charge in [0.05, 0.1) is 0 Å². The molecule has 0 bridgehead atoms. The molecule has 0 aliphatic rings. The van der Waals surface area contributed by atoms with Crippen LogP contribution in [0.25, 0.3) is 0 Å². The molecule has 178 valence electrons. The highest BCUT2D eigenvalue weighted by atomic mass is 19.4. The van der Waals surface area contributed by atoms with Crippen molar-refractivity contribution in [2.45, 2.75) is 32.0 Å². The summed E-state index contributed by atoms with van der Waals surface area (Å²) in [6, 6.07) is 12.1. The van der Waals surface area contributed by atoms with Gasteiger partial charge in [-0.05, 0) is 54.7 Å². The fraction of sp³-hybridized carbons (Fsp3) is 0.280. The van der Waals surface area contributed by atoms with Crippen LogP contribution in [0.2, 0.25) is 0 Å². The third-order valence-corrected chi connectivity index (χ3v) is 5.25. The number of aryl methyl sites for hydroxylation is 1. The highest BCUT2D eigenvalue weighted by Crippen LogP contribution is 2.28. The molecule has 3 aromatic rings. The van der Waals surface area contributed by atoms with Gasteiger partial charge in [0.15, 0.2) is 0 Å². The molecule has 9 heteroatoms. The zero-order valence-corrected chi connectivity index (χ0v) is 18.6. The van der Waals surface area contributed by atoms with Crippen molar-refractivity contribution in [3.8, 4) is 0 Å². The molecular weight excluding hydrogens is 445 g/mol. The van der Waals surface area contributed by atoms with Gasteiger partial charge >= 0.3 is 12.1 Å². The standard InChI is InChI=1S/C25H25F3N4O2/c1-18-4-2-6-21(16-18)22(23(33)31-14-9-19-7-12-29-13-8-19)32(24(34)25(26,27)28)15-10-20-5-3-11-30-17-20/h2-8,11-13,16-17,22H,9-10,14-15H2,1H3,(H,31,33). The molecule has 0 radical (unpaired) electrons. The number of pyridine rings is 2. The summed E-state index contributed by atoms with van der Waals surface area (Å²) in [4.78, 5) is 34.2. The topological polar surface area (TPSA) is 75.2 Å². The zero-order chi connectivity index (χ0) is 24.6. The van der Waals surface area contributed by atoms with Gasteiger partial charge in [-0.25, -0.2) is 0 Å². The number of amides is 2. The van der Waals surface area contributed by atoms with Crippen molar-refractivity contribution in [1.82, 2.24) is 20.2 Å². The Bertz CT molecular complexity index is 1090. The third-order valence-electron chi connectivity index (χ3n) is 5.25.